The minimum Gasteiger partial charge on any atom is -0.354 e. The number of carbonyl (C=O) groups excluding carboxylic acids is 2. The van der Waals surface area contributed by atoms with E-state index in [0.29, 0.717) is 32.5 Å². The molecule has 1 heterocycles. The molecule has 110 valence electrons. The Kier molecular flexibility index (Phi) is 6.48. The van der Waals surface area contributed by atoms with Gasteiger partial charge >= 0.3 is 0 Å². The highest BCUT2D eigenvalue weighted by atomic mass is 35.5. The fraction of sp³-hybridized carbons (Fsp3) is 0.429. The molecule has 0 spiro atoms. The maximum Gasteiger partial charge on any atom is 0.224 e. The fourth-order valence-electron chi connectivity index (χ4n) is 2.37. The average molecular weight is 298 g/mol. The summed E-state index contributed by atoms with van der Waals surface area (Å²) in [6, 6.07) is 9.47. The maximum absolute atomic E-state index is 12.1. The minimum absolute atomic E-state index is 0. The number of benzene rings is 1. The molecule has 3 N–H and O–H groups in total. The molecule has 1 atom stereocenters. The van der Waals surface area contributed by atoms with Gasteiger partial charge in [0, 0.05) is 26.1 Å². The van der Waals surface area contributed by atoms with Crippen molar-refractivity contribution in [2.75, 3.05) is 19.6 Å². The number of nitrogens with zero attached hydrogens (tertiary/aromatic N) is 1. The molecule has 2 amide bonds. The van der Waals surface area contributed by atoms with E-state index in [0.717, 1.165) is 5.56 Å². The van der Waals surface area contributed by atoms with Gasteiger partial charge in [-0.05, 0) is 5.56 Å². The molecule has 20 heavy (non-hydrogen) atoms. The molecule has 1 aromatic carbocycles. The third-order valence-electron chi connectivity index (χ3n) is 3.29. The molecule has 2 rings (SSSR count). The Labute approximate surface area is 124 Å². The van der Waals surface area contributed by atoms with Gasteiger partial charge in [0.2, 0.25) is 11.8 Å². The number of rotatable bonds is 3. The van der Waals surface area contributed by atoms with E-state index >= 15 is 0 Å². The van der Waals surface area contributed by atoms with E-state index in [1.165, 1.54) is 0 Å². The predicted molar refractivity (Wildman–Crippen MR) is 79.4 cm³/mol. The smallest absolute Gasteiger partial charge is 0.224 e. The van der Waals surface area contributed by atoms with Gasteiger partial charge in [-0.25, -0.2) is 0 Å². The first-order valence-corrected chi connectivity index (χ1v) is 6.53. The van der Waals surface area contributed by atoms with Gasteiger partial charge < -0.3 is 16.0 Å². The predicted octanol–water partition coefficient (Wildman–Crippen LogP) is 0.847. The van der Waals surface area contributed by atoms with Gasteiger partial charge in [0.25, 0.3) is 0 Å². The Bertz CT molecular complexity index is 453. The molecule has 0 saturated carbocycles. The van der Waals surface area contributed by atoms with Crippen LogP contribution in [0, 0.1) is 0 Å². The molecule has 0 bridgehead atoms. The quantitative estimate of drug-likeness (QED) is 0.868. The monoisotopic (exact) mass is 297 g/mol. The van der Waals surface area contributed by atoms with E-state index in [1.54, 1.807) is 4.90 Å². The summed E-state index contributed by atoms with van der Waals surface area (Å²) in [4.78, 5) is 25.6. The van der Waals surface area contributed by atoms with E-state index in [1.807, 2.05) is 30.3 Å². The van der Waals surface area contributed by atoms with Crippen LogP contribution in [0.25, 0.3) is 0 Å². The second-order valence-corrected chi connectivity index (χ2v) is 4.61. The SMILES string of the molecule is Cl.NCCC(=O)N1CCNC(=O)CC1c1ccccc1. The number of hydrogen-bond donors (Lipinski definition) is 2. The van der Waals surface area contributed by atoms with E-state index in [9.17, 15) is 9.59 Å². The average Bonchev–Trinajstić information content (AvgIpc) is 2.62. The zero-order valence-electron chi connectivity index (χ0n) is 11.2. The van der Waals surface area contributed by atoms with Crippen LogP contribution in [0.3, 0.4) is 0 Å². The van der Waals surface area contributed by atoms with E-state index in [-0.39, 0.29) is 30.3 Å². The first kappa shape index (κ1) is 16.5. The van der Waals surface area contributed by atoms with Crippen molar-refractivity contribution in [3.63, 3.8) is 0 Å². The summed E-state index contributed by atoms with van der Waals surface area (Å²) < 4.78 is 0. The Morgan fingerprint density at radius 1 is 1.35 bits per heavy atom. The second kappa shape index (κ2) is 7.87. The molecule has 1 unspecified atom stereocenters. The molecule has 1 aromatic rings. The third-order valence-corrected chi connectivity index (χ3v) is 3.29. The first-order chi connectivity index (χ1) is 9.22. The van der Waals surface area contributed by atoms with Crippen molar-refractivity contribution in [1.82, 2.24) is 10.2 Å². The van der Waals surface area contributed by atoms with E-state index < -0.39 is 0 Å². The second-order valence-electron chi connectivity index (χ2n) is 4.61. The van der Waals surface area contributed by atoms with Crippen LogP contribution in [0.2, 0.25) is 0 Å². The molecule has 0 aromatic heterocycles. The van der Waals surface area contributed by atoms with Crippen LogP contribution in [-0.2, 0) is 9.59 Å². The van der Waals surface area contributed by atoms with Gasteiger partial charge in [0.1, 0.15) is 0 Å². The van der Waals surface area contributed by atoms with E-state index in [2.05, 4.69) is 5.32 Å². The highest BCUT2D eigenvalue weighted by Crippen LogP contribution is 2.26. The number of carbonyl (C=O) groups is 2. The Morgan fingerprint density at radius 3 is 2.70 bits per heavy atom. The fourth-order valence-corrected chi connectivity index (χ4v) is 2.37. The summed E-state index contributed by atoms with van der Waals surface area (Å²) in [5, 5.41) is 2.81. The van der Waals surface area contributed by atoms with E-state index in [4.69, 9.17) is 5.73 Å². The maximum atomic E-state index is 12.1. The number of hydrogen-bond acceptors (Lipinski definition) is 3. The van der Waals surface area contributed by atoms with Gasteiger partial charge in [-0.3, -0.25) is 9.59 Å². The number of amides is 2. The van der Waals surface area contributed by atoms with Crippen LogP contribution in [0.5, 0.6) is 0 Å². The zero-order valence-corrected chi connectivity index (χ0v) is 12.1. The van der Waals surface area contributed by atoms with Crippen molar-refractivity contribution in [1.29, 1.82) is 0 Å². The molecule has 5 nitrogen and oxygen atoms in total. The van der Waals surface area contributed by atoms with Crippen LogP contribution < -0.4 is 11.1 Å². The summed E-state index contributed by atoms with van der Waals surface area (Å²) in [6.45, 7) is 1.36. The number of halogens is 1. The molecular weight excluding hydrogens is 278 g/mol. The summed E-state index contributed by atoms with van der Waals surface area (Å²) in [5.41, 5.74) is 6.45. The minimum atomic E-state index is -0.192. The van der Waals surface area contributed by atoms with Crippen LogP contribution in [0.4, 0.5) is 0 Å². The van der Waals surface area contributed by atoms with Gasteiger partial charge in [0.05, 0.1) is 12.5 Å². The highest BCUT2D eigenvalue weighted by molar-refractivity contribution is 5.85. The molecule has 6 heteroatoms. The lowest BCUT2D eigenvalue weighted by Crippen LogP contribution is -2.37. The van der Waals surface area contributed by atoms with Crippen molar-refractivity contribution in [3.05, 3.63) is 35.9 Å². The lowest BCUT2D eigenvalue weighted by Gasteiger charge is -2.29. The van der Waals surface area contributed by atoms with Crippen molar-refractivity contribution in [3.8, 4) is 0 Å². The van der Waals surface area contributed by atoms with Crippen molar-refractivity contribution >= 4 is 24.2 Å². The zero-order chi connectivity index (χ0) is 13.7. The van der Waals surface area contributed by atoms with Gasteiger partial charge in [-0.1, -0.05) is 30.3 Å². The summed E-state index contributed by atoms with van der Waals surface area (Å²) in [7, 11) is 0. The normalized spacial score (nSPS) is 18.8. The lowest BCUT2D eigenvalue weighted by molar-refractivity contribution is -0.133. The van der Waals surface area contributed by atoms with Crippen LogP contribution >= 0.6 is 12.4 Å². The molecule has 1 fully saturated rings. The molecule has 1 aliphatic rings. The van der Waals surface area contributed by atoms with Gasteiger partial charge in [-0.2, -0.15) is 0 Å². The number of nitrogens with one attached hydrogen (secondary N) is 1. The molecule has 1 aliphatic heterocycles. The third kappa shape index (κ3) is 3.95. The first-order valence-electron chi connectivity index (χ1n) is 6.53. The van der Waals surface area contributed by atoms with Crippen LogP contribution in [0.1, 0.15) is 24.4 Å². The van der Waals surface area contributed by atoms with Crippen molar-refractivity contribution in [2.24, 2.45) is 5.73 Å². The largest absolute Gasteiger partial charge is 0.354 e. The van der Waals surface area contributed by atoms with Crippen molar-refractivity contribution in [2.45, 2.75) is 18.9 Å². The van der Waals surface area contributed by atoms with Crippen LogP contribution in [0.15, 0.2) is 30.3 Å². The topological polar surface area (TPSA) is 75.4 Å². The van der Waals surface area contributed by atoms with Crippen LogP contribution in [-0.4, -0.2) is 36.3 Å². The summed E-state index contributed by atoms with van der Waals surface area (Å²) >= 11 is 0. The molecule has 0 radical (unpaired) electrons. The lowest BCUT2D eigenvalue weighted by atomic mass is 10.0. The standard InChI is InChI=1S/C14H19N3O2.ClH/c15-7-6-14(19)17-9-8-16-13(18)10-12(17)11-4-2-1-3-5-11;/h1-5,12H,6-10,15H2,(H,16,18);1H. The highest BCUT2D eigenvalue weighted by Gasteiger charge is 2.28. The molecular formula is C14H20ClN3O2. The Morgan fingerprint density at radius 2 is 2.05 bits per heavy atom. The van der Waals surface area contributed by atoms with Crippen molar-refractivity contribution < 1.29 is 9.59 Å². The van der Waals surface area contributed by atoms with Gasteiger partial charge in [-0.15, -0.1) is 12.4 Å². The summed E-state index contributed by atoms with van der Waals surface area (Å²) in [5.74, 6) is -0.00949. The Balaban J connectivity index is 0.00000200. The molecule has 1 saturated heterocycles. The summed E-state index contributed by atoms with van der Waals surface area (Å²) in [6.07, 6.45) is 0.623. The van der Waals surface area contributed by atoms with Gasteiger partial charge in [0.15, 0.2) is 0 Å². The Hall–Kier alpha value is -1.59. The number of nitrogens with two attached hydrogens (primary N) is 1. The molecule has 0 aliphatic carbocycles.